The molecule has 2 rings (SSSR count). The summed E-state index contributed by atoms with van der Waals surface area (Å²) in [6.45, 7) is 10.8. The predicted molar refractivity (Wildman–Crippen MR) is 117 cm³/mol. The van der Waals surface area contributed by atoms with Gasteiger partial charge in [0.25, 0.3) is 0 Å². The molecule has 0 radical (unpaired) electrons. The molecule has 2 atom stereocenters. The summed E-state index contributed by atoms with van der Waals surface area (Å²) < 4.78 is 27.3. The summed E-state index contributed by atoms with van der Waals surface area (Å²) >= 11 is 5.52. The lowest BCUT2D eigenvalue weighted by Gasteiger charge is -2.30. The van der Waals surface area contributed by atoms with Gasteiger partial charge in [-0.05, 0) is 68.1 Å². The van der Waals surface area contributed by atoms with Gasteiger partial charge in [-0.1, -0.05) is 33.6 Å². The summed E-state index contributed by atoms with van der Waals surface area (Å²) in [5.74, 6) is 0.593. The minimum absolute atomic E-state index is 0.311. The zero-order valence-electron chi connectivity index (χ0n) is 17.1. The van der Waals surface area contributed by atoms with Gasteiger partial charge in [0.15, 0.2) is 5.11 Å². The standard InChI is InChI=1S/C20H33N3O2S2/c1-6-23(7-2)27(24,25)17-12-15(4)16(5)19(13-17)22-20(26)21-18-11-9-8-10-14(18)3/h12-14,18H,6-11H2,1-5H3,(H2,21,22,26)/t14-,18-/m0/s1. The molecule has 0 heterocycles. The molecule has 0 bridgehead atoms. The molecule has 0 unspecified atom stereocenters. The predicted octanol–water partition coefficient (Wildman–Crippen LogP) is 4.20. The third kappa shape index (κ3) is 5.21. The van der Waals surface area contributed by atoms with Crippen molar-refractivity contribution in [3.63, 3.8) is 0 Å². The van der Waals surface area contributed by atoms with Crippen molar-refractivity contribution in [2.75, 3.05) is 18.4 Å². The van der Waals surface area contributed by atoms with Crippen LogP contribution in [-0.2, 0) is 10.0 Å². The average molecular weight is 412 g/mol. The SMILES string of the molecule is CCN(CC)S(=O)(=O)c1cc(C)c(C)c(NC(=S)N[C@H]2CCCC[C@@H]2C)c1. The molecule has 0 aromatic heterocycles. The van der Waals surface area contributed by atoms with Crippen LogP contribution in [0.1, 0.15) is 57.6 Å². The minimum Gasteiger partial charge on any atom is -0.359 e. The van der Waals surface area contributed by atoms with Crippen LogP contribution in [0.15, 0.2) is 17.0 Å². The molecular weight excluding hydrogens is 378 g/mol. The first kappa shape index (κ1) is 22.1. The van der Waals surface area contributed by atoms with Crippen molar-refractivity contribution in [2.45, 2.75) is 71.2 Å². The van der Waals surface area contributed by atoms with Crippen LogP contribution in [0, 0.1) is 19.8 Å². The van der Waals surface area contributed by atoms with Crippen LogP contribution in [0.3, 0.4) is 0 Å². The number of rotatable bonds is 6. The van der Waals surface area contributed by atoms with Crippen molar-refractivity contribution in [3.8, 4) is 0 Å². The Morgan fingerprint density at radius 3 is 2.41 bits per heavy atom. The van der Waals surface area contributed by atoms with E-state index in [1.54, 1.807) is 12.1 Å². The second kappa shape index (κ2) is 9.34. The molecule has 7 heteroatoms. The lowest BCUT2D eigenvalue weighted by molar-refractivity contribution is 0.309. The van der Waals surface area contributed by atoms with Crippen LogP contribution in [0.25, 0.3) is 0 Å². The Balaban J connectivity index is 2.24. The van der Waals surface area contributed by atoms with Gasteiger partial charge in [0.2, 0.25) is 10.0 Å². The Bertz CT molecular complexity index is 774. The summed E-state index contributed by atoms with van der Waals surface area (Å²) in [5, 5.41) is 7.23. The Kier molecular flexibility index (Phi) is 7.65. The van der Waals surface area contributed by atoms with Crippen LogP contribution in [0.4, 0.5) is 5.69 Å². The number of hydrogen-bond acceptors (Lipinski definition) is 3. The normalized spacial score (nSPS) is 20.5. The van der Waals surface area contributed by atoms with Gasteiger partial charge in [0.05, 0.1) is 4.90 Å². The summed E-state index contributed by atoms with van der Waals surface area (Å²) in [7, 11) is -3.51. The number of hydrogen-bond donors (Lipinski definition) is 2. The fourth-order valence-electron chi connectivity index (χ4n) is 3.68. The van der Waals surface area contributed by atoms with E-state index >= 15 is 0 Å². The summed E-state index contributed by atoms with van der Waals surface area (Å²) in [5.41, 5.74) is 2.69. The Hall–Kier alpha value is -1.18. The maximum Gasteiger partial charge on any atom is 0.243 e. The fraction of sp³-hybridized carbons (Fsp3) is 0.650. The molecule has 0 spiro atoms. The summed E-state index contributed by atoms with van der Waals surface area (Å²) in [6.07, 6.45) is 4.84. The number of anilines is 1. The van der Waals surface area contributed by atoms with Crippen LogP contribution in [-0.4, -0.2) is 37.0 Å². The van der Waals surface area contributed by atoms with Crippen LogP contribution < -0.4 is 10.6 Å². The molecule has 152 valence electrons. The van der Waals surface area contributed by atoms with E-state index in [-0.39, 0.29) is 0 Å². The van der Waals surface area contributed by atoms with E-state index in [1.807, 2.05) is 27.7 Å². The molecular formula is C20H33N3O2S2. The smallest absolute Gasteiger partial charge is 0.243 e. The second-order valence-electron chi connectivity index (χ2n) is 7.47. The van der Waals surface area contributed by atoms with Gasteiger partial charge in [0.1, 0.15) is 0 Å². The van der Waals surface area contributed by atoms with Gasteiger partial charge in [0, 0.05) is 24.8 Å². The molecule has 1 fully saturated rings. The molecule has 2 N–H and O–H groups in total. The van der Waals surface area contributed by atoms with Crippen molar-refractivity contribution >= 4 is 33.0 Å². The summed E-state index contributed by atoms with van der Waals surface area (Å²) in [6, 6.07) is 3.82. The van der Waals surface area contributed by atoms with Gasteiger partial charge >= 0.3 is 0 Å². The lowest BCUT2D eigenvalue weighted by atomic mass is 9.86. The van der Waals surface area contributed by atoms with Crippen molar-refractivity contribution < 1.29 is 8.42 Å². The molecule has 0 saturated heterocycles. The highest BCUT2D eigenvalue weighted by Gasteiger charge is 2.24. The Labute approximate surface area is 170 Å². The largest absolute Gasteiger partial charge is 0.359 e. The van der Waals surface area contributed by atoms with Gasteiger partial charge < -0.3 is 10.6 Å². The van der Waals surface area contributed by atoms with E-state index < -0.39 is 10.0 Å². The highest BCUT2D eigenvalue weighted by molar-refractivity contribution is 7.89. The number of aryl methyl sites for hydroxylation is 1. The van der Waals surface area contributed by atoms with Crippen molar-refractivity contribution in [2.24, 2.45) is 5.92 Å². The van der Waals surface area contributed by atoms with Crippen LogP contribution >= 0.6 is 12.2 Å². The van der Waals surface area contributed by atoms with Gasteiger partial charge in [-0.15, -0.1) is 0 Å². The van der Waals surface area contributed by atoms with Crippen LogP contribution in [0.2, 0.25) is 0 Å². The highest BCUT2D eigenvalue weighted by atomic mass is 32.2. The first-order chi connectivity index (χ1) is 12.7. The zero-order valence-corrected chi connectivity index (χ0v) is 18.8. The maximum absolute atomic E-state index is 12.9. The molecule has 1 aliphatic rings. The van der Waals surface area contributed by atoms with E-state index in [0.717, 1.165) is 23.2 Å². The third-order valence-corrected chi connectivity index (χ3v) is 7.91. The summed E-state index contributed by atoms with van der Waals surface area (Å²) in [4.78, 5) is 0.311. The molecule has 1 saturated carbocycles. The van der Waals surface area contributed by atoms with Gasteiger partial charge in [-0.3, -0.25) is 0 Å². The van der Waals surface area contributed by atoms with E-state index in [4.69, 9.17) is 12.2 Å². The number of thiocarbonyl (C=S) groups is 1. The van der Waals surface area contributed by atoms with Crippen LogP contribution in [0.5, 0.6) is 0 Å². The maximum atomic E-state index is 12.9. The number of nitrogens with zero attached hydrogens (tertiary/aromatic N) is 1. The topological polar surface area (TPSA) is 61.4 Å². The average Bonchev–Trinajstić information content (AvgIpc) is 2.61. The first-order valence-corrected chi connectivity index (χ1v) is 11.7. The second-order valence-corrected chi connectivity index (χ2v) is 9.81. The van der Waals surface area contributed by atoms with E-state index in [0.29, 0.717) is 35.1 Å². The van der Waals surface area contributed by atoms with Crippen molar-refractivity contribution in [1.29, 1.82) is 0 Å². The number of nitrogens with one attached hydrogen (secondary N) is 2. The third-order valence-electron chi connectivity index (χ3n) is 5.66. The zero-order chi connectivity index (χ0) is 20.2. The first-order valence-electron chi connectivity index (χ1n) is 9.89. The molecule has 27 heavy (non-hydrogen) atoms. The molecule has 1 aromatic carbocycles. The molecule has 1 aliphatic carbocycles. The van der Waals surface area contributed by atoms with E-state index in [1.165, 1.54) is 23.6 Å². The molecule has 5 nitrogen and oxygen atoms in total. The Morgan fingerprint density at radius 2 is 1.81 bits per heavy atom. The highest BCUT2D eigenvalue weighted by Crippen LogP contribution is 2.27. The van der Waals surface area contributed by atoms with Crippen molar-refractivity contribution in [1.82, 2.24) is 9.62 Å². The molecule has 0 aliphatic heterocycles. The van der Waals surface area contributed by atoms with E-state index in [2.05, 4.69) is 17.6 Å². The molecule has 1 aromatic rings. The van der Waals surface area contributed by atoms with Crippen molar-refractivity contribution in [3.05, 3.63) is 23.3 Å². The number of sulfonamides is 1. The number of benzene rings is 1. The molecule has 0 amide bonds. The monoisotopic (exact) mass is 411 g/mol. The van der Waals surface area contributed by atoms with Gasteiger partial charge in [-0.25, -0.2) is 8.42 Å². The fourth-order valence-corrected chi connectivity index (χ4v) is 5.51. The quantitative estimate of drug-likeness (QED) is 0.687. The Morgan fingerprint density at radius 1 is 1.19 bits per heavy atom. The van der Waals surface area contributed by atoms with Gasteiger partial charge in [-0.2, -0.15) is 4.31 Å². The lowest BCUT2D eigenvalue weighted by Crippen LogP contribution is -2.43. The minimum atomic E-state index is -3.51. The van der Waals surface area contributed by atoms with E-state index in [9.17, 15) is 8.42 Å².